The first-order valence-corrected chi connectivity index (χ1v) is 7.44. The summed E-state index contributed by atoms with van der Waals surface area (Å²) in [6, 6.07) is 7.89. The van der Waals surface area contributed by atoms with Crippen LogP contribution in [-0.2, 0) is 4.79 Å². The molecule has 2 aromatic rings. The summed E-state index contributed by atoms with van der Waals surface area (Å²) >= 11 is 11.7. The van der Waals surface area contributed by atoms with Crippen molar-refractivity contribution in [3.05, 3.63) is 46.2 Å². The van der Waals surface area contributed by atoms with Gasteiger partial charge in [-0.15, -0.1) is 0 Å². The Kier molecular flexibility index (Phi) is 4.11. The first kappa shape index (κ1) is 15.6. The number of carbonyl (C=O) groups is 2. The number of benzene rings is 1. The van der Waals surface area contributed by atoms with E-state index in [1.54, 1.807) is 25.1 Å². The van der Waals surface area contributed by atoms with Crippen LogP contribution in [0.25, 0.3) is 0 Å². The van der Waals surface area contributed by atoms with Crippen LogP contribution in [0, 0.1) is 0 Å². The number of amides is 2. The number of ether oxygens (including phenoxy) is 1. The van der Waals surface area contributed by atoms with E-state index in [1.807, 2.05) is 0 Å². The van der Waals surface area contributed by atoms with Crippen LogP contribution in [-0.4, -0.2) is 22.9 Å². The van der Waals surface area contributed by atoms with Crippen molar-refractivity contribution in [2.45, 2.75) is 13.0 Å². The first-order valence-electron chi connectivity index (χ1n) is 6.69. The van der Waals surface area contributed by atoms with Gasteiger partial charge in [-0.05, 0) is 37.3 Å². The molecule has 1 unspecified atom stereocenters. The maximum absolute atomic E-state index is 12.2. The van der Waals surface area contributed by atoms with Gasteiger partial charge < -0.3 is 15.4 Å². The number of carbonyl (C=O) groups excluding carboxylic acids is 2. The molecule has 2 heterocycles. The summed E-state index contributed by atoms with van der Waals surface area (Å²) in [5.41, 5.74) is 0.965. The second-order valence-electron chi connectivity index (χ2n) is 4.88. The zero-order chi connectivity index (χ0) is 16.6. The molecule has 0 fully saturated rings. The van der Waals surface area contributed by atoms with Crippen molar-refractivity contribution in [1.82, 2.24) is 4.98 Å². The number of halogens is 2. The number of nitrogens with zero attached hydrogens (tertiary/aromatic N) is 1. The Morgan fingerprint density at radius 3 is 2.87 bits per heavy atom. The lowest BCUT2D eigenvalue weighted by Crippen LogP contribution is -2.34. The number of rotatable bonds is 2. The van der Waals surface area contributed by atoms with Crippen LogP contribution in [0.3, 0.4) is 0 Å². The van der Waals surface area contributed by atoms with E-state index < -0.39 is 12.0 Å². The monoisotopic (exact) mass is 351 g/mol. The molecule has 3 rings (SSSR count). The number of aromatic nitrogens is 1. The van der Waals surface area contributed by atoms with Crippen molar-refractivity contribution >= 4 is 46.4 Å². The third kappa shape index (κ3) is 3.23. The van der Waals surface area contributed by atoms with E-state index in [4.69, 9.17) is 27.9 Å². The molecule has 1 aromatic carbocycles. The van der Waals surface area contributed by atoms with Crippen LogP contribution >= 0.6 is 23.2 Å². The highest BCUT2D eigenvalue weighted by molar-refractivity contribution is 6.35. The summed E-state index contributed by atoms with van der Waals surface area (Å²) in [7, 11) is 0. The summed E-state index contributed by atoms with van der Waals surface area (Å²) < 4.78 is 5.45. The number of hydrogen-bond acceptors (Lipinski definition) is 4. The normalized spacial score (nSPS) is 16.1. The van der Waals surface area contributed by atoms with Crippen molar-refractivity contribution in [3.63, 3.8) is 0 Å². The van der Waals surface area contributed by atoms with E-state index in [-0.39, 0.29) is 21.8 Å². The predicted molar refractivity (Wildman–Crippen MR) is 87.4 cm³/mol. The largest absolute Gasteiger partial charge is 0.479 e. The molecule has 2 amide bonds. The van der Waals surface area contributed by atoms with Gasteiger partial charge in [0.05, 0.1) is 10.7 Å². The maximum Gasteiger partial charge on any atom is 0.275 e. The Bertz CT molecular complexity index is 811. The molecular formula is C15H11Cl2N3O3. The van der Waals surface area contributed by atoms with Crippen LogP contribution in [0.2, 0.25) is 10.2 Å². The number of pyridine rings is 1. The topological polar surface area (TPSA) is 80.3 Å². The fourth-order valence-electron chi connectivity index (χ4n) is 2.05. The smallest absolute Gasteiger partial charge is 0.275 e. The van der Waals surface area contributed by atoms with Gasteiger partial charge in [-0.1, -0.05) is 23.2 Å². The molecule has 0 aliphatic carbocycles. The van der Waals surface area contributed by atoms with E-state index in [1.165, 1.54) is 12.1 Å². The standard InChI is InChI=1S/C15H11Cl2N3O3/c1-7-14(21)19-10-6-8(2-4-11(10)23-7)18-15(22)13-9(16)3-5-12(17)20-13/h2-7H,1H3,(H,18,22)(H,19,21). The van der Waals surface area contributed by atoms with Crippen molar-refractivity contribution in [2.75, 3.05) is 10.6 Å². The molecule has 1 atom stereocenters. The Morgan fingerprint density at radius 1 is 1.30 bits per heavy atom. The minimum absolute atomic E-state index is 0.0193. The molecule has 2 N–H and O–H groups in total. The second kappa shape index (κ2) is 6.06. The van der Waals surface area contributed by atoms with Gasteiger partial charge in [-0.3, -0.25) is 9.59 Å². The quantitative estimate of drug-likeness (QED) is 0.813. The van der Waals surface area contributed by atoms with Crippen molar-refractivity contribution in [2.24, 2.45) is 0 Å². The average Bonchev–Trinajstić information content (AvgIpc) is 2.51. The highest BCUT2D eigenvalue weighted by Crippen LogP contribution is 2.32. The lowest BCUT2D eigenvalue weighted by molar-refractivity contribution is -0.122. The van der Waals surface area contributed by atoms with Crippen molar-refractivity contribution < 1.29 is 14.3 Å². The van der Waals surface area contributed by atoms with Gasteiger partial charge >= 0.3 is 0 Å². The average molecular weight is 352 g/mol. The third-order valence-electron chi connectivity index (χ3n) is 3.20. The van der Waals surface area contributed by atoms with Crippen molar-refractivity contribution in [3.8, 4) is 5.75 Å². The molecule has 0 saturated carbocycles. The van der Waals surface area contributed by atoms with E-state index >= 15 is 0 Å². The van der Waals surface area contributed by atoms with Crippen LogP contribution < -0.4 is 15.4 Å². The minimum atomic E-state index is -0.558. The van der Waals surface area contributed by atoms with Crippen LogP contribution in [0.5, 0.6) is 5.75 Å². The molecular weight excluding hydrogens is 341 g/mol. The van der Waals surface area contributed by atoms with E-state index in [2.05, 4.69) is 15.6 Å². The van der Waals surface area contributed by atoms with Gasteiger partial charge in [0.15, 0.2) is 6.10 Å². The van der Waals surface area contributed by atoms with Crippen LogP contribution in [0.1, 0.15) is 17.4 Å². The summed E-state index contributed by atoms with van der Waals surface area (Å²) in [4.78, 5) is 27.8. The van der Waals surface area contributed by atoms with Gasteiger partial charge in [-0.2, -0.15) is 0 Å². The van der Waals surface area contributed by atoms with Crippen LogP contribution in [0.15, 0.2) is 30.3 Å². The number of fused-ring (bicyclic) bond motifs is 1. The van der Waals surface area contributed by atoms with E-state index in [0.717, 1.165) is 0 Å². The van der Waals surface area contributed by atoms with Gasteiger partial charge in [0.25, 0.3) is 11.8 Å². The highest BCUT2D eigenvalue weighted by atomic mass is 35.5. The second-order valence-corrected chi connectivity index (χ2v) is 5.67. The molecule has 1 aromatic heterocycles. The fourth-order valence-corrected chi connectivity index (χ4v) is 2.39. The Labute approximate surface area is 141 Å². The SMILES string of the molecule is CC1Oc2ccc(NC(=O)c3nc(Cl)ccc3Cl)cc2NC1=O. The molecule has 0 saturated heterocycles. The maximum atomic E-state index is 12.2. The molecule has 118 valence electrons. The summed E-state index contributed by atoms with van der Waals surface area (Å²) in [6.45, 7) is 1.65. The predicted octanol–water partition coefficient (Wildman–Crippen LogP) is 3.36. The zero-order valence-corrected chi connectivity index (χ0v) is 13.4. The summed E-state index contributed by atoms with van der Waals surface area (Å²) in [6.07, 6.45) is -0.558. The lowest BCUT2D eigenvalue weighted by atomic mass is 10.2. The molecule has 8 heteroatoms. The lowest BCUT2D eigenvalue weighted by Gasteiger charge is -2.23. The molecule has 0 bridgehead atoms. The molecule has 6 nitrogen and oxygen atoms in total. The molecule has 23 heavy (non-hydrogen) atoms. The number of hydrogen-bond donors (Lipinski definition) is 2. The fraction of sp³-hybridized carbons (Fsp3) is 0.133. The molecule has 0 radical (unpaired) electrons. The minimum Gasteiger partial charge on any atom is -0.479 e. The van der Waals surface area contributed by atoms with Crippen LogP contribution in [0.4, 0.5) is 11.4 Å². The Balaban J connectivity index is 1.84. The molecule has 0 spiro atoms. The molecule has 1 aliphatic heterocycles. The summed E-state index contributed by atoms with van der Waals surface area (Å²) in [5, 5.41) is 5.71. The molecule has 1 aliphatic rings. The zero-order valence-electron chi connectivity index (χ0n) is 11.9. The Hall–Kier alpha value is -2.31. The summed E-state index contributed by atoms with van der Waals surface area (Å²) in [5.74, 6) is -0.219. The van der Waals surface area contributed by atoms with Gasteiger partial charge in [-0.25, -0.2) is 4.98 Å². The Morgan fingerprint density at radius 2 is 2.09 bits per heavy atom. The highest BCUT2D eigenvalue weighted by Gasteiger charge is 2.24. The van der Waals surface area contributed by atoms with Gasteiger partial charge in [0.2, 0.25) is 0 Å². The van der Waals surface area contributed by atoms with E-state index in [0.29, 0.717) is 17.1 Å². The van der Waals surface area contributed by atoms with E-state index in [9.17, 15) is 9.59 Å². The van der Waals surface area contributed by atoms with Gasteiger partial charge in [0.1, 0.15) is 16.6 Å². The van der Waals surface area contributed by atoms with Gasteiger partial charge in [0, 0.05) is 5.69 Å². The first-order chi connectivity index (χ1) is 10.9. The number of anilines is 2. The third-order valence-corrected chi connectivity index (χ3v) is 3.71. The number of nitrogens with one attached hydrogen (secondary N) is 2. The van der Waals surface area contributed by atoms with Crippen molar-refractivity contribution in [1.29, 1.82) is 0 Å².